The number of halogens is 2. The number of aryl methyl sites for hydroxylation is 2. The van der Waals surface area contributed by atoms with Gasteiger partial charge < -0.3 is 9.47 Å². The number of hydrogen-bond donors (Lipinski definition) is 0. The minimum absolute atomic E-state index is 0. The van der Waals surface area contributed by atoms with Crippen LogP contribution in [0.4, 0.5) is 0 Å². The molecule has 2 rings (SSSR count). The molecule has 5 heteroatoms. The maximum Gasteiger partial charge on any atom is 0.122 e. The van der Waals surface area contributed by atoms with E-state index in [0.717, 1.165) is 36.5 Å². The van der Waals surface area contributed by atoms with Gasteiger partial charge in [0.1, 0.15) is 24.7 Å². The molecule has 0 fully saturated rings. The molecule has 0 saturated heterocycles. The van der Waals surface area contributed by atoms with E-state index in [1.807, 2.05) is 36.4 Å². The number of benzene rings is 2. The largest absolute Gasteiger partial charge is 0.492 e. The van der Waals surface area contributed by atoms with E-state index in [0.29, 0.717) is 13.2 Å². The number of ether oxygens (including phenoxy) is 2. The number of hydrogen-bond acceptors (Lipinski definition) is 3. The lowest BCUT2D eigenvalue weighted by Gasteiger charge is -2.22. The molecule has 2 aromatic rings. The van der Waals surface area contributed by atoms with E-state index in [1.54, 1.807) is 0 Å². The fourth-order valence-corrected chi connectivity index (χ4v) is 2.96. The Kier molecular flexibility index (Phi) is 10.9. The van der Waals surface area contributed by atoms with Gasteiger partial charge in [0, 0.05) is 25.0 Å². The van der Waals surface area contributed by atoms with Gasteiger partial charge in [0.15, 0.2) is 0 Å². The highest BCUT2D eigenvalue weighted by Crippen LogP contribution is 2.17. The Morgan fingerprint density at radius 1 is 0.760 bits per heavy atom. The summed E-state index contributed by atoms with van der Waals surface area (Å²) in [6.45, 7) is 8.26. The molecule has 0 heterocycles. The molecule has 0 aliphatic carbocycles. The minimum Gasteiger partial charge on any atom is -0.492 e. The number of para-hydroxylation sites is 2. The van der Waals surface area contributed by atoms with Gasteiger partial charge in [0.2, 0.25) is 0 Å². The van der Waals surface area contributed by atoms with Crippen molar-refractivity contribution in [3.8, 4) is 11.5 Å². The molecule has 0 aliphatic heterocycles. The summed E-state index contributed by atoms with van der Waals surface area (Å²) in [6.07, 6.45) is 0. The summed E-state index contributed by atoms with van der Waals surface area (Å²) in [7, 11) is 0. The number of rotatable bonds is 10. The van der Waals surface area contributed by atoms with Crippen LogP contribution >= 0.6 is 32.9 Å². The maximum absolute atomic E-state index is 5.90. The van der Waals surface area contributed by atoms with Crippen molar-refractivity contribution < 1.29 is 9.47 Å². The lowest BCUT2D eigenvalue weighted by Crippen LogP contribution is -2.34. The van der Waals surface area contributed by atoms with Crippen LogP contribution in [0.15, 0.2) is 48.5 Å². The first kappa shape index (κ1) is 22.0. The summed E-state index contributed by atoms with van der Waals surface area (Å²) < 4.78 is 11.8. The van der Waals surface area contributed by atoms with E-state index >= 15 is 0 Å². The molecule has 0 spiro atoms. The molecule has 0 atom stereocenters. The van der Waals surface area contributed by atoms with Crippen LogP contribution in [0.3, 0.4) is 0 Å². The minimum atomic E-state index is 0. The highest BCUT2D eigenvalue weighted by Gasteiger charge is 2.06. The van der Waals surface area contributed by atoms with Gasteiger partial charge >= 0.3 is 0 Å². The maximum atomic E-state index is 5.90. The molecule has 0 unspecified atom stereocenters. The van der Waals surface area contributed by atoms with Crippen molar-refractivity contribution in [2.75, 3.05) is 38.2 Å². The van der Waals surface area contributed by atoms with Crippen LogP contribution in [0.5, 0.6) is 11.5 Å². The highest BCUT2D eigenvalue weighted by molar-refractivity contribution is 9.09. The van der Waals surface area contributed by atoms with Crippen LogP contribution in [0.25, 0.3) is 0 Å². The first-order chi connectivity index (χ1) is 11.7. The molecule has 0 aliphatic rings. The predicted molar refractivity (Wildman–Crippen MR) is 114 cm³/mol. The van der Waals surface area contributed by atoms with Crippen LogP contribution in [-0.4, -0.2) is 43.1 Å². The van der Waals surface area contributed by atoms with Crippen molar-refractivity contribution in [3.63, 3.8) is 0 Å². The first-order valence-electron chi connectivity index (χ1n) is 8.36. The van der Waals surface area contributed by atoms with Gasteiger partial charge in [-0.25, -0.2) is 0 Å². The summed E-state index contributed by atoms with van der Waals surface area (Å²) in [5, 5.41) is 0.946. The molecule has 25 heavy (non-hydrogen) atoms. The van der Waals surface area contributed by atoms with E-state index in [2.05, 4.69) is 46.8 Å². The summed E-state index contributed by atoms with van der Waals surface area (Å²) in [5.41, 5.74) is 2.35. The van der Waals surface area contributed by atoms with Crippen molar-refractivity contribution in [1.29, 1.82) is 0 Å². The Bertz CT molecular complexity index is 571. The van der Waals surface area contributed by atoms with Gasteiger partial charge in [-0.3, -0.25) is 4.90 Å². The van der Waals surface area contributed by atoms with Crippen LogP contribution in [0, 0.1) is 13.8 Å². The zero-order valence-corrected chi connectivity index (χ0v) is 18.2. The normalized spacial score (nSPS) is 10.4. The summed E-state index contributed by atoms with van der Waals surface area (Å²) in [6, 6.07) is 16.3. The van der Waals surface area contributed by atoms with Crippen molar-refractivity contribution in [3.05, 3.63) is 59.7 Å². The van der Waals surface area contributed by atoms with E-state index < -0.39 is 0 Å². The summed E-state index contributed by atoms with van der Waals surface area (Å²) >= 11 is 3.52. The average Bonchev–Trinajstić information content (AvgIpc) is 2.58. The second kappa shape index (κ2) is 12.3. The Balaban J connectivity index is 0.00000312. The van der Waals surface area contributed by atoms with Gasteiger partial charge in [0.25, 0.3) is 0 Å². The van der Waals surface area contributed by atoms with E-state index in [-0.39, 0.29) is 17.0 Å². The Hall–Kier alpha value is -1.04. The van der Waals surface area contributed by atoms with Crippen LogP contribution in [0.1, 0.15) is 11.1 Å². The van der Waals surface area contributed by atoms with E-state index in [9.17, 15) is 0 Å². The van der Waals surface area contributed by atoms with Crippen molar-refractivity contribution in [1.82, 2.24) is 4.90 Å². The van der Waals surface area contributed by atoms with Crippen LogP contribution < -0.4 is 9.47 Å². The Labute approximate surface area is 170 Å². The highest BCUT2D eigenvalue weighted by atomic mass is 79.9. The van der Waals surface area contributed by atoms with E-state index in [4.69, 9.17) is 9.47 Å². The molecule has 0 radical (unpaired) electrons. The van der Waals surface area contributed by atoms with Crippen molar-refractivity contribution in [2.45, 2.75) is 13.8 Å². The first-order valence-corrected chi connectivity index (χ1v) is 9.48. The van der Waals surface area contributed by atoms with Crippen molar-refractivity contribution in [2.24, 2.45) is 0 Å². The Morgan fingerprint density at radius 3 is 1.60 bits per heavy atom. The molecule has 138 valence electrons. The lowest BCUT2D eigenvalue weighted by molar-refractivity contribution is 0.183. The molecule has 0 aromatic heterocycles. The molecule has 2 aromatic carbocycles. The van der Waals surface area contributed by atoms with E-state index in [1.165, 1.54) is 11.1 Å². The third-order valence-electron chi connectivity index (χ3n) is 3.92. The molecule has 3 nitrogen and oxygen atoms in total. The number of nitrogens with zero attached hydrogens (tertiary/aromatic N) is 1. The molecule has 0 saturated carbocycles. The van der Waals surface area contributed by atoms with Gasteiger partial charge in [-0.15, -0.1) is 17.0 Å². The van der Waals surface area contributed by atoms with Gasteiger partial charge in [-0.05, 0) is 37.1 Å². The second-order valence-corrected chi connectivity index (χ2v) is 6.55. The predicted octanol–water partition coefficient (Wildman–Crippen LogP) is 5.04. The quantitative estimate of drug-likeness (QED) is 0.452. The lowest BCUT2D eigenvalue weighted by atomic mass is 10.2. The summed E-state index contributed by atoms with van der Waals surface area (Å²) in [4.78, 5) is 2.35. The molecule has 0 bridgehead atoms. The van der Waals surface area contributed by atoms with Crippen LogP contribution in [0.2, 0.25) is 0 Å². The van der Waals surface area contributed by atoms with Crippen molar-refractivity contribution >= 4 is 32.9 Å². The molecular weight excluding hydrogens is 446 g/mol. The average molecular weight is 473 g/mol. The third-order valence-corrected chi connectivity index (χ3v) is 4.27. The smallest absolute Gasteiger partial charge is 0.122 e. The van der Waals surface area contributed by atoms with Gasteiger partial charge in [0.05, 0.1) is 0 Å². The second-order valence-electron chi connectivity index (χ2n) is 5.76. The zero-order valence-electron chi connectivity index (χ0n) is 14.9. The number of alkyl halides is 1. The monoisotopic (exact) mass is 471 g/mol. The summed E-state index contributed by atoms with van der Waals surface area (Å²) in [5.74, 6) is 1.93. The fourth-order valence-electron chi connectivity index (χ4n) is 2.46. The van der Waals surface area contributed by atoms with Gasteiger partial charge in [-0.1, -0.05) is 52.3 Å². The Morgan fingerprint density at radius 2 is 1.20 bits per heavy atom. The SMILES string of the molecule is Br.Cc1ccccc1OCCN(CCBr)CCOc1ccccc1C. The third kappa shape index (κ3) is 7.80. The molecular formula is C20H27Br2NO2. The van der Waals surface area contributed by atoms with Gasteiger partial charge in [-0.2, -0.15) is 0 Å². The fraction of sp³-hybridized carbons (Fsp3) is 0.400. The molecule has 0 amide bonds. The van der Waals surface area contributed by atoms with Crippen LogP contribution in [-0.2, 0) is 0 Å². The standard InChI is InChI=1S/C20H26BrNO2.BrH/c1-17-7-3-5-9-19(17)23-15-13-22(12-11-21)14-16-24-20-10-6-4-8-18(20)2;/h3-10H,11-16H2,1-2H3;1H. The topological polar surface area (TPSA) is 21.7 Å². The molecule has 0 N–H and O–H groups in total. The zero-order chi connectivity index (χ0) is 17.2.